The number of anilines is 4. The summed E-state index contributed by atoms with van der Waals surface area (Å²) < 4.78 is 44.6. The first-order valence-electron chi connectivity index (χ1n) is 30.1. The van der Waals surface area contributed by atoms with E-state index in [9.17, 15) is 41.9 Å². The number of carbonyl (C=O) groups excluding carboxylic acids is 6. The zero-order chi connectivity index (χ0) is 60.3. The van der Waals surface area contributed by atoms with Crippen molar-refractivity contribution in [3.8, 4) is 5.75 Å². The predicted octanol–water partition coefficient (Wildman–Crippen LogP) is 13.4. The van der Waals surface area contributed by atoms with Gasteiger partial charge in [0, 0.05) is 55.0 Å². The minimum atomic E-state index is -4.63. The molecular weight excluding hydrogens is 1120 g/mol. The van der Waals surface area contributed by atoms with Crippen molar-refractivity contribution in [2.45, 2.75) is 89.4 Å². The van der Waals surface area contributed by atoms with Gasteiger partial charge >= 0.3 is 6.18 Å². The van der Waals surface area contributed by atoms with Gasteiger partial charge in [0.15, 0.2) is 0 Å². The molecule has 5 aromatic carbocycles. The predicted molar refractivity (Wildman–Crippen MR) is 328 cm³/mol. The Hall–Kier alpha value is -7.98. The Balaban J connectivity index is 0.000000144. The van der Waals surface area contributed by atoms with Crippen LogP contribution < -0.4 is 25.6 Å². The summed E-state index contributed by atoms with van der Waals surface area (Å²) >= 11 is 5.67. The quantitative estimate of drug-likeness (QED) is 0.111. The number of likely N-dealkylation sites (tertiary alicyclic amines) is 2. The van der Waals surface area contributed by atoms with E-state index in [1.807, 2.05) is 138 Å². The van der Waals surface area contributed by atoms with Gasteiger partial charge in [-0.2, -0.15) is 13.2 Å². The zero-order valence-corrected chi connectivity index (χ0v) is 49.0. The molecule has 17 heteroatoms. The summed E-state index contributed by atoms with van der Waals surface area (Å²) in [5.74, 6) is -1.75. The third-order valence-electron chi connectivity index (χ3n) is 18.1. The van der Waals surface area contributed by atoms with E-state index in [2.05, 4.69) is 39.1 Å². The van der Waals surface area contributed by atoms with E-state index < -0.39 is 34.5 Å². The number of alkyl halides is 3. The van der Waals surface area contributed by atoms with E-state index >= 15 is 0 Å². The molecule has 12 rings (SSSR count). The SMILES string of the molecule is COc1ccc(NC(=O)[C@H]2CC=C[C@H]3CCN(c4ccccc4)C(=O)[C@@H]23)cc1.O=C(Nc1ccc(Cl)c(C(F)(F)F)c1)[C@H]1CC=C[C@H]2CCN(Cc3ccccc3)C(=O)[C@@H]12.O=C(Nc1ccccc1)[C@H]1CC=C[C@H]2CCN(C3CCCCC3)C(=O)[C@@H]12. The molecule has 4 fully saturated rings. The van der Waals surface area contributed by atoms with Crippen molar-refractivity contribution in [2.75, 3.05) is 47.6 Å². The molecule has 0 bridgehead atoms. The van der Waals surface area contributed by atoms with E-state index in [0.29, 0.717) is 50.6 Å². The zero-order valence-electron chi connectivity index (χ0n) is 48.3. The van der Waals surface area contributed by atoms with Crippen LogP contribution in [-0.2, 0) is 41.5 Å². The number of rotatable bonds is 11. The van der Waals surface area contributed by atoms with Gasteiger partial charge in [-0.05, 0) is 141 Å². The number of allylic oxidation sites excluding steroid dienone is 6. The van der Waals surface area contributed by atoms with Crippen molar-refractivity contribution in [3.05, 3.63) is 186 Å². The molecule has 5 aromatic rings. The van der Waals surface area contributed by atoms with Crippen LogP contribution in [0.2, 0.25) is 5.02 Å². The summed E-state index contributed by atoms with van der Waals surface area (Å²) in [6.07, 6.45) is 17.8. The fourth-order valence-electron chi connectivity index (χ4n) is 13.7. The molecule has 450 valence electrons. The number of methoxy groups -OCH3 is 1. The van der Waals surface area contributed by atoms with Gasteiger partial charge in [0.05, 0.1) is 53.2 Å². The maximum atomic E-state index is 13.3. The summed E-state index contributed by atoms with van der Waals surface area (Å²) in [6, 6.07) is 39.8. The highest BCUT2D eigenvalue weighted by Gasteiger charge is 2.48. The smallest absolute Gasteiger partial charge is 0.417 e. The minimum Gasteiger partial charge on any atom is -0.497 e. The molecule has 0 aromatic heterocycles. The van der Waals surface area contributed by atoms with Gasteiger partial charge in [0.2, 0.25) is 35.4 Å². The fourth-order valence-corrected chi connectivity index (χ4v) is 13.9. The lowest BCUT2D eigenvalue weighted by molar-refractivity contribution is -0.149. The van der Waals surface area contributed by atoms with Gasteiger partial charge in [-0.15, -0.1) is 0 Å². The molecule has 3 heterocycles. The van der Waals surface area contributed by atoms with Crippen molar-refractivity contribution in [1.29, 1.82) is 0 Å². The lowest BCUT2D eigenvalue weighted by Crippen LogP contribution is -2.54. The maximum Gasteiger partial charge on any atom is 0.417 e. The van der Waals surface area contributed by atoms with Crippen LogP contribution in [0, 0.1) is 53.3 Å². The second-order valence-corrected chi connectivity index (χ2v) is 23.8. The van der Waals surface area contributed by atoms with Crippen LogP contribution in [0.1, 0.15) is 81.8 Å². The van der Waals surface area contributed by atoms with Gasteiger partial charge in [-0.3, -0.25) is 28.8 Å². The number of nitrogens with one attached hydrogen (secondary N) is 3. The number of para-hydroxylation sites is 2. The average molecular weight is 1190 g/mol. The first-order valence-corrected chi connectivity index (χ1v) is 30.5. The van der Waals surface area contributed by atoms with Crippen molar-refractivity contribution in [1.82, 2.24) is 9.80 Å². The molecule has 0 unspecified atom stereocenters. The topological polar surface area (TPSA) is 157 Å². The van der Waals surface area contributed by atoms with Crippen LogP contribution in [0.5, 0.6) is 5.75 Å². The number of piperidine rings is 3. The lowest BCUT2D eigenvalue weighted by atomic mass is 9.70. The van der Waals surface area contributed by atoms with Crippen LogP contribution in [0.3, 0.4) is 0 Å². The molecule has 0 radical (unpaired) electrons. The number of ether oxygens (including phenoxy) is 1. The monoisotopic (exact) mass is 1190 g/mol. The Morgan fingerprint density at radius 2 is 1.02 bits per heavy atom. The van der Waals surface area contributed by atoms with Crippen LogP contribution >= 0.6 is 11.6 Å². The number of fused-ring (bicyclic) bond motifs is 3. The largest absolute Gasteiger partial charge is 0.497 e. The van der Waals surface area contributed by atoms with Crippen molar-refractivity contribution >= 4 is 69.8 Å². The number of carbonyl (C=O) groups is 6. The summed E-state index contributed by atoms with van der Waals surface area (Å²) in [4.78, 5) is 84.7. The Labute approximate surface area is 506 Å². The fraction of sp³-hybridized carbons (Fsp3) is 0.391. The third kappa shape index (κ3) is 14.5. The van der Waals surface area contributed by atoms with E-state index in [0.717, 1.165) is 73.5 Å². The molecule has 4 aliphatic carbocycles. The van der Waals surface area contributed by atoms with E-state index in [-0.39, 0.29) is 76.6 Å². The molecule has 7 aliphatic rings. The number of hydrogen-bond acceptors (Lipinski definition) is 7. The minimum absolute atomic E-state index is 0.00206. The Kier molecular flexibility index (Phi) is 19.9. The van der Waals surface area contributed by atoms with Crippen LogP contribution in [0.4, 0.5) is 35.9 Å². The Bertz CT molecular complexity index is 3280. The summed E-state index contributed by atoms with van der Waals surface area (Å²) in [5.41, 5.74) is 2.40. The molecule has 9 atom stereocenters. The normalized spacial score (nSPS) is 25.2. The molecule has 3 saturated heterocycles. The number of nitrogens with zero attached hydrogens (tertiary/aromatic N) is 3. The van der Waals surface area contributed by atoms with Crippen LogP contribution in [-0.4, -0.2) is 78.0 Å². The second kappa shape index (κ2) is 28.0. The number of hydrogen-bond donors (Lipinski definition) is 3. The summed E-state index contributed by atoms with van der Waals surface area (Å²) in [7, 11) is 1.61. The summed E-state index contributed by atoms with van der Waals surface area (Å²) in [5, 5.41) is 8.12. The van der Waals surface area contributed by atoms with E-state index in [1.54, 1.807) is 12.0 Å². The summed E-state index contributed by atoms with van der Waals surface area (Å²) in [6.45, 7) is 2.59. The van der Waals surface area contributed by atoms with Gasteiger partial charge in [-0.25, -0.2) is 0 Å². The first kappa shape index (κ1) is 61.1. The molecule has 6 amide bonds. The lowest BCUT2D eigenvalue weighted by Gasteiger charge is -2.45. The van der Waals surface area contributed by atoms with E-state index in [1.165, 1.54) is 25.3 Å². The van der Waals surface area contributed by atoms with Crippen LogP contribution in [0.25, 0.3) is 0 Å². The molecule has 3 aliphatic heterocycles. The van der Waals surface area contributed by atoms with Crippen molar-refractivity contribution in [3.63, 3.8) is 0 Å². The standard InChI is InChI=1S/C24H22ClF3N2O2.C23H24N2O3.C22H28N2O2/c25-20-10-9-17(13-19(20)24(26,27)28)29-22(31)18-8-4-7-16-11-12-30(23(32)21(16)18)14-15-5-2-1-3-6-15;1-28-19-12-10-17(11-13-19)24-22(26)20-9-5-6-16-14-15-25(23(27)21(16)20)18-7-3-2-4-8-18;25-21(23-17-9-3-1-4-10-17)19-13-7-8-16-14-15-24(22(26)20(16)19)18-11-5-2-6-12-18/h1-7,9-10,13,16,18,21H,8,11-12,14H2,(H,29,31);2-8,10-13,16,20-21H,9,14-15H2,1H3,(H,24,26);1,3-4,7-10,16,18-20H,2,5-6,11-15H2,(H,23,25)/t16-,18-,21+;16-,20-,21+;16-,19-,20+/m000/s1. The molecule has 86 heavy (non-hydrogen) atoms. The number of amides is 6. The average Bonchev–Trinajstić information content (AvgIpc) is 2.50. The van der Waals surface area contributed by atoms with Gasteiger partial charge in [-0.1, -0.05) is 134 Å². The van der Waals surface area contributed by atoms with Gasteiger partial charge in [0.1, 0.15) is 5.75 Å². The molecule has 1 saturated carbocycles. The highest BCUT2D eigenvalue weighted by Crippen LogP contribution is 2.43. The molecule has 0 spiro atoms. The molecule has 3 N–H and O–H groups in total. The Morgan fingerprint density at radius 1 is 0.547 bits per heavy atom. The maximum absolute atomic E-state index is 13.3. The van der Waals surface area contributed by atoms with Crippen molar-refractivity contribution in [2.24, 2.45) is 53.3 Å². The third-order valence-corrected chi connectivity index (χ3v) is 18.4. The highest BCUT2D eigenvalue weighted by molar-refractivity contribution is 6.31. The second-order valence-electron chi connectivity index (χ2n) is 23.4. The van der Waals surface area contributed by atoms with Gasteiger partial charge < -0.3 is 35.4 Å². The van der Waals surface area contributed by atoms with Gasteiger partial charge in [0.25, 0.3) is 0 Å². The highest BCUT2D eigenvalue weighted by atomic mass is 35.5. The Morgan fingerprint density at radius 3 is 1.58 bits per heavy atom. The van der Waals surface area contributed by atoms with Crippen LogP contribution in [0.15, 0.2) is 170 Å². The molecular formula is C69H74ClF3N6O7. The van der Waals surface area contributed by atoms with Crippen molar-refractivity contribution < 1.29 is 46.7 Å². The molecule has 13 nitrogen and oxygen atoms in total. The number of halogens is 4. The van der Waals surface area contributed by atoms with E-state index in [4.69, 9.17) is 16.3 Å². The first-order chi connectivity index (χ1) is 41.6. The number of benzene rings is 5.